The molecule has 0 spiro atoms. The van der Waals surface area contributed by atoms with Gasteiger partial charge in [0.15, 0.2) is 9.84 Å². The van der Waals surface area contributed by atoms with E-state index >= 15 is 0 Å². The van der Waals surface area contributed by atoms with Gasteiger partial charge in [-0.1, -0.05) is 0 Å². The van der Waals surface area contributed by atoms with Gasteiger partial charge in [0.1, 0.15) is 11.2 Å². The molecule has 0 aromatic carbocycles. The topological polar surface area (TPSA) is 47.3 Å². The Hall–Kier alpha value is -0.770. The first kappa shape index (κ1) is 9.32. The molecule has 0 saturated carbocycles. The van der Waals surface area contributed by atoms with Crippen molar-refractivity contribution in [3.8, 4) is 0 Å². The molecule has 1 rings (SSSR count). The number of furan rings is 1. The molecule has 1 heterocycles. The molecule has 0 aliphatic carbocycles. The normalized spacial score (nSPS) is 13.2. The average molecular weight is 188 g/mol. The lowest BCUT2D eigenvalue weighted by molar-refractivity contribution is 0.544. The number of sulfone groups is 1. The highest BCUT2D eigenvalue weighted by Crippen LogP contribution is 2.24. The summed E-state index contributed by atoms with van der Waals surface area (Å²) in [6.07, 6.45) is 2.61. The number of hydrogen-bond acceptors (Lipinski definition) is 3. The van der Waals surface area contributed by atoms with Crippen LogP contribution in [-0.2, 0) is 9.84 Å². The van der Waals surface area contributed by atoms with E-state index in [1.165, 1.54) is 18.6 Å². The van der Waals surface area contributed by atoms with Crippen molar-refractivity contribution in [1.29, 1.82) is 0 Å². The molecule has 0 atom stereocenters. The van der Waals surface area contributed by atoms with Crippen molar-refractivity contribution in [2.24, 2.45) is 0 Å². The molecule has 0 amide bonds. The molecule has 12 heavy (non-hydrogen) atoms. The van der Waals surface area contributed by atoms with Crippen molar-refractivity contribution in [3.63, 3.8) is 0 Å². The minimum atomic E-state index is -3.23. The van der Waals surface area contributed by atoms with Crippen molar-refractivity contribution in [2.75, 3.05) is 0 Å². The monoisotopic (exact) mass is 188 g/mol. The average Bonchev–Trinajstić information content (AvgIpc) is 2.34. The van der Waals surface area contributed by atoms with Crippen LogP contribution in [0.3, 0.4) is 0 Å². The van der Waals surface area contributed by atoms with Gasteiger partial charge in [-0.25, -0.2) is 8.42 Å². The predicted molar refractivity (Wildman–Crippen MR) is 45.6 cm³/mol. The van der Waals surface area contributed by atoms with Gasteiger partial charge in [0, 0.05) is 0 Å². The van der Waals surface area contributed by atoms with Crippen molar-refractivity contribution >= 4 is 9.84 Å². The van der Waals surface area contributed by atoms with Crippen LogP contribution in [0.1, 0.15) is 20.8 Å². The van der Waals surface area contributed by atoms with Crippen LogP contribution in [0, 0.1) is 0 Å². The zero-order valence-electron chi connectivity index (χ0n) is 7.37. The van der Waals surface area contributed by atoms with Gasteiger partial charge in [0.2, 0.25) is 0 Å². The van der Waals surface area contributed by atoms with Crippen molar-refractivity contribution < 1.29 is 12.8 Å². The summed E-state index contributed by atoms with van der Waals surface area (Å²) in [5.41, 5.74) is 0. The highest BCUT2D eigenvalue weighted by Gasteiger charge is 2.31. The van der Waals surface area contributed by atoms with E-state index in [2.05, 4.69) is 0 Å². The molecule has 68 valence electrons. The largest absolute Gasteiger partial charge is 0.471 e. The molecule has 0 N–H and O–H groups in total. The van der Waals surface area contributed by atoms with E-state index in [-0.39, 0.29) is 4.90 Å². The van der Waals surface area contributed by atoms with E-state index in [4.69, 9.17) is 4.42 Å². The molecule has 4 heteroatoms. The minimum Gasteiger partial charge on any atom is -0.471 e. The second-order valence-corrected chi connectivity index (χ2v) is 6.28. The maximum Gasteiger partial charge on any atom is 0.186 e. The van der Waals surface area contributed by atoms with E-state index in [0.29, 0.717) is 0 Å². The van der Waals surface area contributed by atoms with Crippen LogP contribution in [0.4, 0.5) is 0 Å². The van der Waals surface area contributed by atoms with Crippen molar-refractivity contribution in [3.05, 3.63) is 18.6 Å². The Balaban J connectivity index is 3.22. The van der Waals surface area contributed by atoms with Gasteiger partial charge in [0.25, 0.3) is 0 Å². The SMILES string of the molecule is CC(C)(C)S(=O)(=O)c1ccoc1. The van der Waals surface area contributed by atoms with E-state index in [9.17, 15) is 8.42 Å². The van der Waals surface area contributed by atoms with E-state index in [1.54, 1.807) is 20.8 Å². The third-order valence-electron chi connectivity index (χ3n) is 1.61. The summed E-state index contributed by atoms with van der Waals surface area (Å²) in [5, 5.41) is 0. The Bertz CT molecular complexity index is 340. The third-order valence-corrected chi connectivity index (χ3v) is 4.08. The summed E-state index contributed by atoms with van der Waals surface area (Å²) in [4.78, 5) is 0.245. The third kappa shape index (κ3) is 1.39. The molecule has 1 aromatic heterocycles. The molecule has 0 aliphatic rings. The zero-order chi connectivity index (χ0) is 9.41. The van der Waals surface area contributed by atoms with Crippen molar-refractivity contribution in [1.82, 2.24) is 0 Å². The second-order valence-electron chi connectivity index (χ2n) is 3.57. The molecular formula is C8H12O3S. The summed E-state index contributed by atoms with van der Waals surface area (Å²) < 4.78 is 27.3. The highest BCUT2D eigenvalue weighted by atomic mass is 32.2. The molecule has 0 fully saturated rings. The maximum atomic E-state index is 11.7. The Kier molecular flexibility index (Phi) is 2.04. The fourth-order valence-electron chi connectivity index (χ4n) is 0.758. The van der Waals surface area contributed by atoms with E-state index in [1.807, 2.05) is 0 Å². The summed E-state index contributed by atoms with van der Waals surface area (Å²) in [5.74, 6) is 0. The lowest BCUT2D eigenvalue weighted by atomic mass is 10.3. The summed E-state index contributed by atoms with van der Waals surface area (Å²) >= 11 is 0. The molecule has 0 aliphatic heterocycles. The van der Waals surface area contributed by atoms with Crippen LogP contribution in [-0.4, -0.2) is 13.2 Å². The zero-order valence-corrected chi connectivity index (χ0v) is 8.18. The van der Waals surface area contributed by atoms with Crippen LogP contribution in [0.15, 0.2) is 27.9 Å². The van der Waals surface area contributed by atoms with Crippen LogP contribution >= 0.6 is 0 Å². The molecule has 0 saturated heterocycles. The van der Waals surface area contributed by atoms with Gasteiger partial charge in [-0.05, 0) is 26.8 Å². The van der Waals surface area contributed by atoms with Gasteiger partial charge >= 0.3 is 0 Å². The molecule has 0 unspecified atom stereocenters. The van der Waals surface area contributed by atoms with Gasteiger partial charge in [0.05, 0.1) is 11.0 Å². The van der Waals surface area contributed by atoms with Crippen molar-refractivity contribution in [2.45, 2.75) is 30.4 Å². The van der Waals surface area contributed by atoms with Gasteiger partial charge in [-0.15, -0.1) is 0 Å². The molecule has 3 nitrogen and oxygen atoms in total. The van der Waals surface area contributed by atoms with Gasteiger partial charge < -0.3 is 4.42 Å². The first-order chi connectivity index (χ1) is 5.36. The number of hydrogen-bond donors (Lipinski definition) is 0. The van der Waals surface area contributed by atoms with Gasteiger partial charge in [-0.2, -0.15) is 0 Å². The maximum absolute atomic E-state index is 11.7. The lowest BCUT2D eigenvalue weighted by Gasteiger charge is -2.17. The Morgan fingerprint density at radius 3 is 2.25 bits per heavy atom. The summed E-state index contributed by atoms with van der Waals surface area (Å²) in [6.45, 7) is 4.99. The molecule has 0 radical (unpaired) electrons. The van der Waals surface area contributed by atoms with Gasteiger partial charge in [-0.3, -0.25) is 0 Å². The Morgan fingerprint density at radius 1 is 1.33 bits per heavy atom. The Labute approximate surface area is 72.3 Å². The van der Waals surface area contributed by atoms with Crippen LogP contribution in [0.2, 0.25) is 0 Å². The lowest BCUT2D eigenvalue weighted by Crippen LogP contribution is -2.27. The highest BCUT2D eigenvalue weighted by molar-refractivity contribution is 7.92. The van der Waals surface area contributed by atoms with E-state index < -0.39 is 14.6 Å². The van der Waals surface area contributed by atoms with Crippen LogP contribution in [0.25, 0.3) is 0 Å². The first-order valence-corrected chi connectivity index (χ1v) is 5.11. The quantitative estimate of drug-likeness (QED) is 0.675. The summed E-state index contributed by atoms with van der Waals surface area (Å²) in [7, 11) is -3.23. The summed E-state index contributed by atoms with van der Waals surface area (Å²) in [6, 6.07) is 1.46. The van der Waals surface area contributed by atoms with E-state index in [0.717, 1.165) is 0 Å². The fourth-order valence-corrected chi connectivity index (χ4v) is 1.88. The smallest absolute Gasteiger partial charge is 0.186 e. The number of rotatable bonds is 1. The van der Waals surface area contributed by atoms with Crippen LogP contribution in [0.5, 0.6) is 0 Å². The second kappa shape index (κ2) is 2.62. The predicted octanol–water partition coefficient (Wildman–Crippen LogP) is 1.85. The molecular weight excluding hydrogens is 176 g/mol. The molecule has 1 aromatic rings. The molecule has 0 bridgehead atoms. The standard InChI is InChI=1S/C8H12O3S/c1-8(2,3)12(9,10)7-4-5-11-6-7/h4-6H,1-3H3. The first-order valence-electron chi connectivity index (χ1n) is 3.62. The fraction of sp³-hybridized carbons (Fsp3) is 0.500. The Morgan fingerprint density at radius 2 is 1.92 bits per heavy atom. The van der Waals surface area contributed by atoms with Crippen LogP contribution < -0.4 is 0 Å². The minimum absolute atomic E-state index is 0.245.